The van der Waals surface area contributed by atoms with Crippen molar-refractivity contribution in [2.45, 2.75) is 51.2 Å². The van der Waals surface area contributed by atoms with Crippen molar-refractivity contribution in [2.24, 2.45) is 0 Å². The Labute approximate surface area is 120 Å². The summed E-state index contributed by atoms with van der Waals surface area (Å²) in [7, 11) is 2.19. The molecular weight excluding hydrogens is 252 g/mol. The molecule has 3 heterocycles. The molecule has 0 aromatic carbocycles. The van der Waals surface area contributed by atoms with Gasteiger partial charge in [0.1, 0.15) is 6.54 Å². The lowest BCUT2D eigenvalue weighted by Crippen LogP contribution is -2.48. The van der Waals surface area contributed by atoms with Crippen LogP contribution in [0.4, 0.5) is 0 Å². The molecule has 20 heavy (non-hydrogen) atoms. The molecule has 5 nitrogen and oxygen atoms in total. The molecule has 0 spiro atoms. The van der Waals surface area contributed by atoms with Crippen molar-refractivity contribution in [1.29, 1.82) is 0 Å². The van der Waals surface area contributed by atoms with Crippen LogP contribution in [0.3, 0.4) is 0 Å². The Kier molecular flexibility index (Phi) is 3.78. The zero-order valence-corrected chi connectivity index (χ0v) is 12.5. The Balaban J connectivity index is 1.67. The van der Waals surface area contributed by atoms with Gasteiger partial charge in [-0.15, -0.1) is 0 Å². The van der Waals surface area contributed by atoms with Crippen LogP contribution in [-0.2, 0) is 11.3 Å². The lowest BCUT2D eigenvalue weighted by Gasteiger charge is -2.33. The fourth-order valence-electron chi connectivity index (χ4n) is 3.71. The van der Waals surface area contributed by atoms with Crippen molar-refractivity contribution in [3.8, 4) is 0 Å². The largest absolute Gasteiger partial charge is 0.337 e. The van der Waals surface area contributed by atoms with Crippen LogP contribution in [0.5, 0.6) is 0 Å². The van der Waals surface area contributed by atoms with E-state index in [-0.39, 0.29) is 5.91 Å². The first kappa shape index (κ1) is 13.6. The van der Waals surface area contributed by atoms with Crippen molar-refractivity contribution >= 4 is 5.91 Å². The standard InChI is InChI=1S/C15H24N4O/c1-12-9-16-18(10-12)11-15(20)19-8-4-6-14(19)13-5-3-7-17(13)2/h9-10,13-14H,3-8,11H2,1-2H3. The minimum Gasteiger partial charge on any atom is -0.337 e. The van der Waals surface area contributed by atoms with Crippen LogP contribution in [0.1, 0.15) is 31.2 Å². The topological polar surface area (TPSA) is 41.4 Å². The van der Waals surface area contributed by atoms with Gasteiger partial charge in [-0.3, -0.25) is 9.48 Å². The SMILES string of the molecule is Cc1cnn(CC(=O)N2CCCC2C2CCCN2C)c1. The van der Waals surface area contributed by atoms with E-state index in [4.69, 9.17) is 0 Å². The third-order valence-corrected chi connectivity index (χ3v) is 4.70. The van der Waals surface area contributed by atoms with E-state index >= 15 is 0 Å². The molecule has 0 N–H and O–H groups in total. The molecule has 110 valence electrons. The molecule has 1 aromatic heterocycles. The highest BCUT2D eigenvalue weighted by Gasteiger charge is 2.38. The number of nitrogens with zero attached hydrogens (tertiary/aromatic N) is 4. The van der Waals surface area contributed by atoms with E-state index in [0.717, 1.165) is 24.9 Å². The number of hydrogen-bond acceptors (Lipinski definition) is 3. The quantitative estimate of drug-likeness (QED) is 0.835. The highest BCUT2D eigenvalue weighted by Crippen LogP contribution is 2.29. The summed E-state index contributed by atoms with van der Waals surface area (Å²) in [6.45, 7) is 4.45. The molecule has 2 fully saturated rings. The average molecular weight is 276 g/mol. The summed E-state index contributed by atoms with van der Waals surface area (Å²) in [4.78, 5) is 17.1. The second kappa shape index (κ2) is 5.56. The van der Waals surface area contributed by atoms with Gasteiger partial charge in [0.15, 0.2) is 0 Å². The van der Waals surface area contributed by atoms with Crippen LogP contribution < -0.4 is 0 Å². The van der Waals surface area contributed by atoms with Crippen LogP contribution in [0.2, 0.25) is 0 Å². The smallest absolute Gasteiger partial charge is 0.244 e. The predicted molar refractivity (Wildman–Crippen MR) is 77.4 cm³/mol. The fraction of sp³-hybridized carbons (Fsp3) is 0.733. The molecule has 3 rings (SSSR count). The van der Waals surface area contributed by atoms with E-state index in [1.165, 1.54) is 19.4 Å². The summed E-state index contributed by atoms with van der Waals surface area (Å²) in [6, 6.07) is 0.965. The van der Waals surface area contributed by atoms with Crippen LogP contribution in [0.15, 0.2) is 12.4 Å². The maximum Gasteiger partial charge on any atom is 0.244 e. The van der Waals surface area contributed by atoms with Gasteiger partial charge in [0.05, 0.1) is 6.20 Å². The molecule has 2 aliphatic rings. The minimum absolute atomic E-state index is 0.218. The summed E-state index contributed by atoms with van der Waals surface area (Å²) >= 11 is 0. The maximum absolute atomic E-state index is 12.5. The van der Waals surface area contributed by atoms with Crippen molar-refractivity contribution in [2.75, 3.05) is 20.1 Å². The highest BCUT2D eigenvalue weighted by molar-refractivity contribution is 5.76. The average Bonchev–Trinajstić information content (AvgIpc) is 3.10. The first-order valence-corrected chi connectivity index (χ1v) is 7.64. The Morgan fingerprint density at radius 1 is 1.30 bits per heavy atom. The van der Waals surface area contributed by atoms with Crippen LogP contribution in [0.25, 0.3) is 0 Å². The van der Waals surface area contributed by atoms with Crippen molar-refractivity contribution in [3.05, 3.63) is 18.0 Å². The summed E-state index contributed by atoms with van der Waals surface area (Å²) in [5, 5.41) is 4.22. The van der Waals surface area contributed by atoms with Gasteiger partial charge < -0.3 is 9.80 Å². The molecular formula is C15H24N4O. The molecule has 2 unspecified atom stereocenters. The number of aryl methyl sites for hydroxylation is 1. The first-order chi connectivity index (χ1) is 9.65. The van der Waals surface area contributed by atoms with Gasteiger partial charge in [0.2, 0.25) is 5.91 Å². The molecule has 1 amide bonds. The van der Waals surface area contributed by atoms with Crippen LogP contribution in [0, 0.1) is 6.92 Å². The van der Waals surface area contributed by atoms with E-state index in [1.54, 1.807) is 10.9 Å². The van der Waals surface area contributed by atoms with Gasteiger partial charge >= 0.3 is 0 Å². The Morgan fingerprint density at radius 3 is 2.70 bits per heavy atom. The van der Waals surface area contributed by atoms with Crippen LogP contribution in [-0.4, -0.2) is 57.7 Å². The molecule has 0 saturated carbocycles. The number of amides is 1. The number of rotatable bonds is 3. The Morgan fingerprint density at radius 2 is 2.05 bits per heavy atom. The second-order valence-corrected chi connectivity index (χ2v) is 6.20. The maximum atomic E-state index is 12.5. The number of aromatic nitrogens is 2. The third-order valence-electron chi connectivity index (χ3n) is 4.70. The Hall–Kier alpha value is -1.36. The van der Waals surface area contributed by atoms with E-state index in [1.807, 2.05) is 13.1 Å². The predicted octanol–water partition coefficient (Wildman–Crippen LogP) is 1.28. The second-order valence-electron chi connectivity index (χ2n) is 6.20. The Bertz CT molecular complexity index is 484. The lowest BCUT2D eigenvalue weighted by molar-refractivity contribution is -0.133. The fourth-order valence-corrected chi connectivity index (χ4v) is 3.71. The van der Waals surface area contributed by atoms with Gasteiger partial charge in [-0.05, 0) is 51.8 Å². The zero-order chi connectivity index (χ0) is 14.1. The number of carbonyl (C=O) groups excluding carboxylic acids is 1. The van der Waals surface area contributed by atoms with Gasteiger partial charge in [-0.25, -0.2) is 0 Å². The molecule has 5 heteroatoms. The normalized spacial score (nSPS) is 27.4. The highest BCUT2D eigenvalue weighted by atomic mass is 16.2. The van der Waals surface area contributed by atoms with Gasteiger partial charge in [0.25, 0.3) is 0 Å². The molecule has 0 aliphatic carbocycles. The first-order valence-electron chi connectivity index (χ1n) is 7.64. The lowest BCUT2D eigenvalue weighted by atomic mass is 10.0. The number of carbonyl (C=O) groups is 1. The summed E-state index contributed by atoms with van der Waals surface area (Å²) in [6.07, 6.45) is 8.52. The van der Waals surface area contributed by atoms with Crippen LogP contribution >= 0.6 is 0 Å². The van der Waals surface area contributed by atoms with Crippen molar-refractivity contribution in [1.82, 2.24) is 19.6 Å². The van der Waals surface area contributed by atoms with Gasteiger partial charge in [-0.1, -0.05) is 0 Å². The molecule has 0 radical (unpaired) electrons. The van der Waals surface area contributed by atoms with E-state index in [2.05, 4.69) is 21.9 Å². The molecule has 1 aromatic rings. The van der Waals surface area contributed by atoms with Gasteiger partial charge in [-0.2, -0.15) is 5.10 Å². The molecule has 2 saturated heterocycles. The number of likely N-dealkylation sites (N-methyl/N-ethyl adjacent to an activating group) is 1. The van der Waals surface area contributed by atoms with Crippen molar-refractivity contribution < 1.29 is 4.79 Å². The molecule has 2 aliphatic heterocycles. The molecule has 2 atom stereocenters. The number of hydrogen-bond donors (Lipinski definition) is 0. The summed E-state index contributed by atoms with van der Waals surface area (Å²) < 4.78 is 1.76. The van der Waals surface area contributed by atoms with E-state index < -0.39 is 0 Å². The third kappa shape index (κ3) is 2.59. The summed E-state index contributed by atoms with van der Waals surface area (Å²) in [5.74, 6) is 0.218. The monoisotopic (exact) mass is 276 g/mol. The minimum atomic E-state index is 0.218. The van der Waals surface area contributed by atoms with E-state index in [9.17, 15) is 4.79 Å². The summed E-state index contributed by atoms with van der Waals surface area (Å²) in [5.41, 5.74) is 1.10. The zero-order valence-electron chi connectivity index (χ0n) is 12.5. The van der Waals surface area contributed by atoms with Gasteiger partial charge in [0, 0.05) is 24.8 Å². The van der Waals surface area contributed by atoms with E-state index in [0.29, 0.717) is 18.6 Å². The number of likely N-dealkylation sites (tertiary alicyclic amines) is 2. The van der Waals surface area contributed by atoms with Crippen molar-refractivity contribution in [3.63, 3.8) is 0 Å². The molecule has 0 bridgehead atoms.